The number of nitrogens with zero attached hydrogens (tertiary/aromatic N) is 1. The van der Waals surface area contributed by atoms with Crippen molar-refractivity contribution in [2.24, 2.45) is 0 Å². The average molecular weight is 160 g/mol. The highest BCUT2D eigenvalue weighted by molar-refractivity contribution is 6.32. The van der Waals surface area contributed by atoms with Crippen LogP contribution in [-0.4, -0.2) is 10.9 Å². The molecule has 0 saturated heterocycles. The number of hydrogen-bond donors (Lipinski definition) is 0. The van der Waals surface area contributed by atoms with E-state index in [0.29, 0.717) is 11.3 Å². The Morgan fingerprint density at radius 1 is 1.70 bits per heavy atom. The van der Waals surface area contributed by atoms with Gasteiger partial charge in [0, 0.05) is 0 Å². The zero-order chi connectivity index (χ0) is 7.72. The molecule has 0 radical (unpaired) electrons. The van der Waals surface area contributed by atoms with Gasteiger partial charge in [-0.15, -0.1) is 0 Å². The Morgan fingerprint density at radius 2 is 2.30 bits per heavy atom. The third kappa shape index (κ3) is 1.04. The van der Waals surface area contributed by atoms with E-state index in [9.17, 15) is 4.79 Å². The third-order valence-electron chi connectivity index (χ3n) is 1.17. The summed E-state index contributed by atoms with van der Waals surface area (Å²) in [5.74, 6) is -0.122. The van der Waals surface area contributed by atoms with Gasteiger partial charge in [0.2, 0.25) is 5.22 Å². The van der Waals surface area contributed by atoms with Crippen LogP contribution in [0.3, 0.4) is 0 Å². The van der Waals surface area contributed by atoms with Crippen molar-refractivity contribution in [3.05, 3.63) is 16.5 Å². The standard InChI is InChI=1S/C6H6ClNO2/c1-3-5(4(2)9)6(7)10-8-3/h1-2H3. The van der Waals surface area contributed by atoms with Gasteiger partial charge >= 0.3 is 0 Å². The lowest BCUT2D eigenvalue weighted by molar-refractivity contribution is 0.101. The van der Waals surface area contributed by atoms with Gasteiger partial charge in [0.05, 0.1) is 11.3 Å². The van der Waals surface area contributed by atoms with Gasteiger partial charge in [-0.05, 0) is 25.4 Å². The maximum atomic E-state index is 10.8. The molecule has 10 heavy (non-hydrogen) atoms. The molecule has 54 valence electrons. The monoisotopic (exact) mass is 159 g/mol. The first-order valence-corrected chi connectivity index (χ1v) is 3.13. The maximum Gasteiger partial charge on any atom is 0.237 e. The number of halogens is 1. The molecule has 1 rings (SSSR count). The van der Waals surface area contributed by atoms with Crippen molar-refractivity contribution in [2.75, 3.05) is 0 Å². The highest BCUT2D eigenvalue weighted by Gasteiger charge is 2.14. The first-order valence-electron chi connectivity index (χ1n) is 2.75. The second kappa shape index (κ2) is 2.42. The number of hydrogen-bond acceptors (Lipinski definition) is 3. The molecule has 0 spiro atoms. The van der Waals surface area contributed by atoms with Crippen LogP contribution in [0.15, 0.2) is 4.52 Å². The normalized spacial score (nSPS) is 9.90. The molecular weight excluding hydrogens is 154 g/mol. The molecule has 0 bridgehead atoms. The van der Waals surface area contributed by atoms with E-state index in [1.807, 2.05) is 0 Å². The Bertz CT molecular complexity index is 247. The van der Waals surface area contributed by atoms with E-state index in [2.05, 4.69) is 9.68 Å². The van der Waals surface area contributed by atoms with Crippen molar-refractivity contribution in [1.82, 2.24) is 5.16 Å². The maximum absolute atomic E-state index is 10.8. The molecule has 1 aromatic heterocycles. The summed E-state index contributed by atoms with van der Waals surface area (Å²) < 4.78 is 4.55. The fourth-order valence-corrected chi connectivity index (χ4v) is 1.04. The second-order valence-electron chi connectivity index (χ2n) is 1.97. The molecule has 3 nitrogen and oxygen atoms in total. The molecular formula is C6H6ClNO2. The quantitative estimate of drug-likeness (QED) is 0.588. The van der Waals surface area contributed by atoms with Gasteiger partial charge in [-0.25, -0.2) is 0 Å². The summed E-state index contributed by atoms with van der Waals surface area (Å²) in [4.78, 5) is 10.8. The molecule has 0 aliphatic rings. The third-order valence-corrected chi connectivity index (χ3v) is 1.43. The molecule has 0 N–H and O–H groups in total. The van der Waals surface area contributed by atoms with Crippen molar-refractivity contribution in [1.29, 1.82) is 0 Å². The Labute approximate surface area is 63.0 Å². The minimum Gasteiger partial charge on any atom is -0.343 e. The van der Waals surface area contributed by atoms with Crippen LogP contribution < -0.4 is 0 Å². The van der Waals surface area contributed by atoms with Crippen LogP contribution in [-0.2, 0) is 0 Å². The summed E-state index contributed by atoms with van der Waals surface area (Å²) in [6.07, 6.45) is 0. The van der Waals surface area contributed by atoms with Gasteiger partial charge in [-0.2, -0.15) is 0 Å². The first-order chi connectivity index (χ1) is 4.63. The number of rotatable bonds is 1. The Balaban J connectivity index is 3.23. The lowest BCUT2D eigenvalue weighted by Gasteiger charge is -1.86. The number of aryl methyl sites for hydroxylation is 1. The lowest BCUT2D eigenvalue weighted by atomic mass is 10.2. The van der Waals surface area contributed by atoms with E-state index < -0.39 is 0 Å². The predicted molar refractivity (Wildman–Crippen MR) is 36.3 cm³/mol. The van der Waals surface area contributed by atoms with Crippen LogP contribution in [0.5, 0.6) is 0 Å². The molecule has 0 aliphatic heterocycles. The topological polar surface area (TPSA) is 43.1 Å². The fraction of sp³-hybridized carbons (Fsp3) is 0.333. The number of carbonyl (C=O) groups excluding carboxylic acids is 1. The number of Topliss-reactive ketones (excluding diaryl/α,β-unsaturated/α-hetero) is 1. The van der Waals surface area contributed by atoms with Crippen LogP contribution in [0.25, 0.3) is 0 Å². The van der Waals surface area contributed by atoms with Crippen LogP contribution in [0.4, 0.5) is 0 Å². The SMILES string of the molecule is CC(=O)c1c(C)noc1Cl. The van der Waals surface area contributed by atoms with Crippen LogP contribution >= 0.6 is 11.6 Å². The minimum atomic E-state index is -0.122. The molecule has 0 unspecified atom stereocenters. The molecule has 1 aromatic rings. The fourth-order valence-electron chi connectivity index (χ4n) is 0.735. The van der Waals surface area contributed by atoms with E-state index in [0.717, 1.165) is 0 Å². The smallest absolute Gasteiger partial charge is 0.237 e. The van der Waals surface area contributed by atoms with E-state index >= 15 is 0 Å². The second-order valence-corrected chi connectivity index (χ2v) is 2.32. The predicted octanol–water partition coefficient (Wildman–Crippen LogP) is 1.84. The Morgan fingerprint density at radius 3 is 2.50 bits per heavy atom. The van der Waals surface area contributed by atoms with Crippen LogP contribution in [0, 0.1) is 6.92 Å². The van der Waals surface area contributed by atoms with E-state index in [1.54, 1.807) is 6.92 Å². The molecule has 0 amide bonds. The number of carbonyl (C=O) groups is 1. The summed E-state index contributed by atoms with van der Waals surface area (Å²) in [5.41, 5.74) is 0.916. The van der Waals surface area contributed by atoms with E-state index in [4.69, 9.17) is 11.6 Å². The van der Waals surface area contributed by atoms with Gasteiger partial charge in [-0.3, -0.25) is 4.79 Å². The minimum absolute atomic E-state index is 0.0741. The molecule has 1 heterocycles. The van der Waals surface area contributed by atoms with Crippen LogP contribution in [0.1, 0.15) is 23.0 Å². The molecule has 4 heteroatoms. The van der Waals surface area contributed by atoms with Crippen molar-refractivity contribution >= 4 is 17.4 Å². The highest BCUT2D eigenvalue weighted by atomic mass is 35.5. The summed E-state index contributed by atoms with van der Waals surface area (Å²) in [5, 5.41) is 3.58. The van der Waals surface area contributed by atoms with Gasteiger partial charge in [0.1, 0.15) is 0 Å². The summed E-state index contributed by atoms with van der Waals surface area (Å²) in [6.45, 7) is 3.09. The summed E-state index contributed by atoms with van der Waals surface area (Å²) in [6, 6.07) is 0. The zero-order valence-corrected chi connectivity index (χ0v) is 6.40. The van der Waals surface area contributed by atoms with Crippen molar-refractivity contribution in [3.8, 4) is 0 Å². The average Bonchev–Trinajstić information content (AvgIpc) is 2.11. The first kappa shape index (κ1) is 7.28. The van der Waals surface area contributed by atoms with Crippen molar-refractivity contribution < 1.29 is 9.32 Å². The molecule has 0 saturated carbocycles. The molecule has 0 aromatic carbocycles. The Kier molecular flexibility index (Phi) is 1.76. The van der Waals surface area contributed by atoms with Gasteiger partial charge in [0.25, 0.3) is 0 Å². The molecule has 0 fully saturated rings. The summed E-state index contributed by atoms with van der Waals surface area (Å²) in [7, 11) is 0. The largest absolute Gasteiger partial charge is 0.343 e. The summed E-state index contributed by atoms with van der Waals surface area (Å²) >= 11 is 5.49. The Hall–Kier alpha value is -0.830. The zero-order valence-electron chi connectivity index (χ0n) is 5.64. The van der Waals surface area contributed by atoms with Gasteiger partial charge in [-0.1, -0.05) is 5.16 Å². The van der Waals surface area contributed by atoms with Crippen molar-refractivity contribution in [3.63, 3.8) is 0 Å². The van der Waals surface area contributed by atoms with E-state index in [1.165, 1.54) is 6.92 Å². The van der Waals surface area contributed by atoms with Gasteiger partial charge in [0.15, 0.2) is 5.78 Å². The lowest BCUT2D eigenvalue weighted by Crippen LogP contribution is -1.92. The van der Waals surface area contributed by atoms with Gasteiger partial charge < -0.3 is 4.52 Å². The highest BCUT2D eigenvalue weighted by Crippen LogP contribution is 2.18. The van der Waals surface area contributed by atoms with Crippen molar-refractivity contribution in [2.45, 2.75) is 13.8 Å². The molecule has 0 atom stereocenters. The number of ketones is 1. The van der Waals surface area contributed by atoms with E-state index in [-0.39, 0.29) is 11.0 Å². The number of aromatic nitrogens is 1. The molecule has 0 aliphatic carbocycles. The van der Waals surface area contributed by atoms with Crippen LogP contribution in [0.2, 0.25) is 5.22 Å².